The largest absolute Gasteiger partial charge is 0.466 e. The van der Waals surface area contributed by atoms with Crippen LogP contribution in [0, 0.1) is 13.8 Å². The molecule has 1 N–H and O–H groups in total. The summed E-state index contributed by atoms with van der Waals surface area (Å²) in [5, 5.41) is 3.36. The summed E-state index contributed by atoms with van der Waals surface area (Å²) in [5.41, 5.74) is 2.60. The molecule has 0 amide bonds. The third-order valence-corrected chi connectivity index (χ3v) is 3.09. The minimum absolute atomic E-state index is 0.315. The van der Waals surface area contributed by atoms with Crippen LogP contribution in [0.15, 0.2) is 40.8 Å². The summed E-state index contributed by atoms with van der Waals surface area (Å²) in [6.07, 6.45) is 0.983. The van der Waals surface area contributed by atoms with E-state index in [0.29, 0.717) is 6.04 Å². The lowest BCUT2D eigenvalue weighted by Crippen LogP contribution is -2.19. The van der Waals surface area contributed by atoms with Crippen LogP contribution in [-0.4, -0.2) is 7.05 Å². The molecule has 2 heteroatoms. The van der Waals surface area contributed by atoms with Crippen molar-refractivity contribution in [2.75, 3.05) is 7.05 Å². The highest BCUT2D eigenvalue weighted by Gasteiger charge is 2.15. The summed E-state index contributed by atoms with van der Waals surface area (Å²) in [6.45, 7) is 4.02. The molecule has 1 heterocycles. The van der Waals surface area contributed by atoms with Gasteiger partial charge in [0.15, 0.2) is 0 Å². The second-order valence-corrected chi connectivity index (χ2v) is 4.40. The van der Waals surface area contributed by atoms with Gasteiger partial charge in [-0.2, -0.15) is 0 Å². The van der Waals surface area contributed by atoms with Gasteiger partial charge >= 0.3 is 0 Å². The molecule has 0 aliphatic rings. The maximum absolute atomic E-state index is 5.59. The second-order valence-electron chi connectivity index (χ2n) is 4.40. The molecule has 2 aromatic rings. The van der Waals surface area contributed by atoms with Crippen LogP contribution >= 0.6 is 0 Å². The Morgan fingerprint density at radius 2 is 1.88 bits per heavy atom. The summed E-state index contributed by atoms with van der Waals surface area (Å²) in [5.74, 6) is 1.99. The number of rotatable bonds is 4. The van der Waals surface area contributed by atoms with Crippen LogP contribution in [0.1, 0.15) is 28.7 Å². The van der Waals surface area contributed by atoms with Gasteiger partial charge in [-0.1, -0.05) is 30.3 Å². The summed E-state index contributed by atoms with van der Waals surface area (Å²) < 4.78 is 5.59. The van der Waals surface area contributed by atoms with Crippen molar-refractivity contribution < 1.29 is 4.42 Å². The van der Waals surface area contributed by atoms with Gasteiger partial charge in [-0.25, -0.2) is 0 Å². The Balaban J connectivity index is 2.20. The molecule has 1 unspecified atom stereocenters. The minimum atomic E-state index is 0.315. The van der Waals surface area contributed by atoms with E-state index in [-0.39, 0.29) is 0 Å². The quantitative estimate of drug-likeness (QED) is 0.869. The number of hydrogen-bond acceptors (Lipinski definition) is 2. The predicted molar refractivity (Wildman–Crippen MR) is 70.1 cm³/mol. The second kappa shape index (κ2) is 5.19. The van der Waals surface area contributed by atoms with E-state index in [2.05, 4.69) is 35.6 Å². The summed E-state index contributed by atoms with van der Waals surface area (Å²) in [6, 6.07) is 13.0. The monoisotopic (exact) mass is 229 g/mol. The molecule has 0 aliphatic heterocycles. The average Bonchev–Trinajstić information content (AvgIpc) is 2.67. The van der Waals surface area contributed by atoms with E-state index in [0.717, 1.165) is 17.9 Å². The van der Waals surface area contributed by atoms with E-state index >= 15 is 0 Å². The first-order valence-corrected chi connectivity index (χ1v) is 5.99. The number of nitrogens with one attached hydrogen (secondary N) is 1. The van der Waals surface area contributed by atoms with Crippen LogP contribution in [0.2, 0.25) is 0 Å². The predicted octanol–water partition coefficient (Wildman–Crippen LogP) is 3.40. The maximum Gasteiger partial charge on any atom is 0.105 e. The van der Waals surface area contributed by atoms with Crippen molar-refractivity contribution in [2.45, 2.75) is 26.3 Å². The zero-order valence-corrected chi connectivity index (χ0v) is 10.7. The first kappa shape index (κ1) is 11.9. The zero-order valence-electron chi connectivity index (χ0n) is 10.7. The van der Waals surface area contributed by atoms with Crippen LogP contribution in [0.25, 0.3) is 0 Å². The Labute approximate surface area is 103 Å². The molecular weight excluding hydrogens is 210 g/mol. The van der Waals surface area contributed by atoms with Crippen molar-refractivity contribution in [2.24, 2.45) is 0 Å². The minimum Gasteiger partial charge on any atom is -0.466 e. The van der Waals surface area contributed by atoms with Gasteiger partial charge in [-0.3, -0.25) is 0 Å². The van der Waals surface area contributed by atoms with Gasteiger partial charge in [-0.15, -0.1) is 0 Å². The van der Waals surface area contributed by atoms with Gasteiger partial charge in [0.1, 0.15) is 11.5 Å². The standard InChI is InChI=1S/C15H19NO/c1-11-9-14(12(2)17-11)15(16-3)10-13-7-5-4-6-8-13/h4-9,15-16H,10H2,1-3H3. The fraction of sp³-hybridized carbons (Fsp3) is 0.333. The Kier molecular flexibility index (Phi) is 3.64. The lowest BCUT2D eigenvalue weighted by atomic mass is 9.99. The molecule has 0 saturated heterocycles. The highest BCUT2D eigenvalue weighted by atomic mass is 16.3. The smallest absolute Gasteiger partial charge is 0.105 e. The fourth-order valence-corrected chi connectivity index (χ4v) is 2.21. The topological polar surface area (TPSA) is 25.2 Å². The van der Waals surface area contributed by atoms with Crippen LogP contribution in [0.5, 0.6) is 0 Å². The van der Waals surface area contributed by atoms with E-state index in [9.17, 15) is 0 Å². The normalized spacial score (nSPS) is 12.6. The van der Waals surface area contributed by atoms with Crippen molar-refractivity contribution in [3.8, 4) is 0 Å². The highest BCUT2D eigenvalue weighted by Crippen LogP contribution is 2.24. The van der Waals surface area contributed by atoms with Crippen LogP contribution in [-0.2, 0) is 6.42 Å². The van der Waals surface area contributed by atoms with E-state index < -0.39 is 0 Å². The molecule has 2 nitrogen and oxygen atoms in total. The van der Waals surface area contributed by atoms with Crippen LogP contribution in [0.3, 0.4) is 0 Å². The van der Waals surface area contributed by atoms with Gasteiger partial charge in [-0.05, 0) is 38.9 Å². The molecule has 2 rings (SSSR count). The van der Waals surface area contributed by atoms with Gasteiger partial charge in [0.2, 0.25) is 0 Å². The molecule has 0 saturated carbocycles. The molecule has 17 heavy (non-hydrogen) atoms. The molecular formula is C15H19NO. The Bertz CT molecular complexity index is 473. The molecule has 1 atom stereocenters. The van der Waals surface area contributed by atoms with E-state index in [1.54, 1.807) is 0 Å². The number of likely N-dealkylation sites (N-methyl/N-ethyl adjacent to an activating group) is 1. The number of hydrogen-bond donors (Lipinski definition) is 1. The molecule has 0 fully saturated rings. The summed E-state index contributed by atoms with van der Waals surface area (Å²) >= 11 is 0. The first-order chi connectivity index (χ1) is 8.20. The number of furan rings is 1. The van der Waals surface area contributed by atoms with Crippen molar-refractivity contribution in [1.82, 2.24) is 5.32 Å². The summed E-state index contributed by atoms with van der Waals surface area (Å²) in [7, 11) is 2.00. The third-order valence-electron chi connectivity index (χ3n) is 3.09. The molecule has 0 aliphatic carbocycles. The maximum atomic E-state index is 5.59. The van der Waals surface area contributed by atoms with E-state index in [1.165, 1.54) is 11.1 Å². The molecule has 1 aromatic heterocycles. The van der Waals surface area contributed by atoms with E-state index in [4.69, 9.17) is 4.42 Å². The Hall–Kier alpha value is -1.54. The van der Waals surface area contributed by atoms with Gasteiger partial charge in [0.25, 0.3) is 0 Å². The van der Waals surface area contributed by atoms with E-state index in [1.807, 2.05) is 27.0 Å². The lowest BCUT2D eigenvalue weighted by Gasteiger charge is -2.15. The zero-order chi connectivity index (χ0) is 12.3. The fourth-order valence-electron chi connectivity index (χ4n) is 2.21. The van der Waals surface area contributed by atoms with Gasteiger partial charge in [0.05, 0.1) is 0 Å². The first-order valence-electron chi connectivity index (χ1n) is 5.99. The molecule has 0 bridgehead atoms. The Morgan fingerprint density at radius 1 is 1.18 bits per heavy atom. The highest BCUT2D eigenvalue weighted by molar-refractivity contribution is 5.27. The lowest BCUT2D eigenvalue weighted by molar-refractivity contribution is 0.490. The summed E-state index contributed by atoms with van der Waals surface area (Å²) in [4.78, 5) is 0. The van der Waals surface area contributed by atoms with Crippen molar-refractivity contribution >= 4 is 0 Å². The van der Waals surface area contributed by atoms with Gasteiger partial charge < -0.3 is 9.73 Å². The molecule has 0 radical (unpaired) electrons. The van der Waals surface area contributed by atoms with Crippen molar-refractivity contribution in [3.05, 3.63) is 59.0 Å². The van der Waals surface area contributed by atoms with Crippen LogP contribution < -0.4 is 5.32 Å². The molecule has 90 valence electrons. The van der Waals surface area contributed by atoms with Crippen LogP contribution in [0.4, 0.5) is 0 Å². The van der Waals surface area contributed by atoms with Gasteiger partial charge in [0, 0.05) is 11.6 Å². The average molecular weight is 229 g/mol. The SMILES string of the molecule is CNC(Cc1ccccc1)c1cc(C)oc1C. The Morgan fingerprint density at radius 3 is 2.41 bits per heavy atom. The third kappa shape index (κ3) is 2.77. The van der Waals surface area contributed by atoms with Crippen molar-refractivity contribution in [3.63, 3.8) is 0 Å². The molecule has 0 spiro atoms. The number of aryl methyl sites for hydroxylation is 2. The molecule has 1 aromatic carbocycles. The number of benzene rings is 1. The van der Waals surface area contributed by atoms with Crippen molar-refractivity contribution in [1.29, 1.82) is 0 Å².